The van der Waals surface area contributed by atoms with E-state index in [1.54, 1.807) is 28.4 Å². The van der Waals surface area contributed by atoms with Crippen LogP contribution in [0.4, 0.5) is 0 Å². The van der Waals surface area contributed by atoms with Crippen molar-refractivity contribution in [1.82, 2.24) is 0 Å². The van der Waals surface area contributed by atoms with Crippen molar-refractivity contribution in [3.8, 4) is 11.5 Å². The van der Waals surface area contributed by atoms with E-state index >= 15 is 0 Å². The van der Waals surface area contributed by atoms with Gasteiger partial charge in [-0.1, -0.05) is 83.2 Å². The molecule has 0 amide bonds. The second-order valence-corrected chi connectivity index (χ2v) is 14.5. The Kier molecular flexibility index (Phi) is 17.6. The van der Waals surface area contributed by atoms with Crippen molar-refractivity contribution < 1.29 is 42.6 Å². The highest BCUT2D eigenvalue weighted by Crippen LogP contribution is 2.35. The van der Waals surface area contributed by atoms with Gasteiger partial charge in [-0.2, -0.15) is 0 Å². The molecule has 0 saturated carbocycles. The number of allylic oxidation sites excluding steroid dienone is 2. The smallest absolute Gasteiger partial charge is 0.184 e. The standard InChI is InChI=1S/C43H64O9/c1-29(14-10-12-16-38-31(3)26-49-43(51-38)35-20-24-37(46-8)25-21-35)40(48-27-34-18-22-36(45-7)23-19-34)30(2)15-11-13-17-39-32(4)41(50-28-44-6)33(5)42(47-9)52-39/h10-11,14-15,18-25,29-33,38-43H,12-13,16-17,26-28H2,1-9H3/b14-10-,15-11-/t29-,30-,31+,32+,33+,38+,39-,40+,41-,42+,43?/m0/s1. The lowest BCUT2D eigenvalue weighted by molar-refractivity contribution is -0.271. The highest BCUT2D eigenvalue weighted by atomic mass is 16.7. The van der Waals surface area contributed by atoms with Gasteiger partial charge in [0.15, 0.2) is 12.6 Å². The monoisotopic (exact) mass is 724 g/mol. The summed E-state index contributed by atoms with van der Waals surface area (Å²) in [5.74, 6) is 2.70. The zero-order valence-corrected chi connectivity index (χ0v) is 32.9. The van der Waals surface area contributed by atoms with Crippen LogP contribution in [0.2, 0.25) is 0 Å². The van der Waals surface area contributed by atoms with Crippen LogP contribution in [0.5, 0.6) is 11.5 Å². The van der Waals surface area contributed by atoms with Crippen molar-refractivity contribution in [3.05, 3.63) is 84.0 Å². The average Bonchev–Trinajstić information content (AvgIpc) is 3.16. The van der Waals surface area contributed by atoms with Gasteiger partial charge in [-0.05, 0) is 55.5 Å². The molecular weight excluding hydrogens is 660 g/mol. The van der Waals surface area contributed by atoms with E-state index in [2.05, 4.69) is 71.1 Å². The van der Waals surface area contributed by atoms with Crippen molar-refractivity contribution >= 4 is 0 Å². The molecule has 2 fully saturated rings. The second kappa shape index (κ2) is 21.8. The van der Waals surface area contributed by atoms with Crippen LogP contribution in [-0.2, 0) is 39.8 Å². The van der Waals surface area contributed by atoms with Gasteiger partial charge in [0.05, 0.1) is 51.8 Å². The number of methoxy groups -OCH3 is 4. The number of rotatable bonds is 20. The van der Waals surface area contributed by atoms with Crippen LogP contribution in [0.15, 0.2) is 72.8 Å². The van der Waals surface area contributed by atoms with Crippen molar-refractivity contribution in [2.75, 3.05) is 41.8 Å². The molecule has 0 bridgehead atoms. The van der Waals surface area contributed by atoms with Gasteiger partial charge in [-0.25, -0.2) is 0 Å². The molecule has 1 unspecified atom stereocenters. The Balaban J connectivity index is 1.35. The van der Waals surface area contributed by atoms with E-state index in [1.165, 1.54) is 0 Å². The molecule has 2 aliphatic rings. The van der Waals surface area contributed by atoms with Crippen LogP contribution in [0.25, 0.3) is 0 Å². The van der Waals surface area contributed by atoms with E-state index in [1.807, 2.05) is 36.4 Å². The highest BCUT2D eigenvalue weighted by Gasteiger charge is 2.42. The molecule has 2 heterocycles. The van der Waals surface area contributed by atoms with Gasteiger partial charge in [0.25, 0.3) is 0 Å². The Morgan fingerprint density at radius 2 is 1.35 bits per heavy atom. The van der Waals surface area contributed by atoms with E-state index in [0.717, 1.165) is 48.3 Å². The Bertz CT molecular complexity index is 1330. The molecular formula is C43H64O9. The van der Waals surface area contributed by atoms with Gasteiger partial charge in [-0.15, -0.1) is 0 Å². The van der Waals surface area contributed by atoms with Gasteiger partial charge in [0.1, 0.15) is 18.3 Å². The second-order valence-electron chi connectivity index (χ2n) is 14.5. The fourth-order valence-corrected chi connectivity index (χ4v) is 7.34. The first-order valence-electron chi connectivity index (χ1n) is 19.0. The number of benzene rings is 2. The summed E-state index contributed by atoms with van der Waals surface area (Å²) in [5, 5.41) is 0. The predicted octanol–water partition coefficient (Wildman–Crippen LogP) is 8.92. The number of hydrogen-bond acceptors (Lipinski definition) is 9. The SMILES string of the molecule is COCO[C@@H]1[C@@H](C)[C@H](OC)O[C@@H](CC/C=C\[C@H](C)[C@H](OCc2ccc(OC)cc2)[C@@H](C)/C=C\CC[C@H]2OC(c3ccc(OC)cc3)OC[C@H]2C)[C@H]1C. The summed E-state index contributed by atoms with van der Waals surface area (Å²) in [4.78, 5) is 0. The summed E-state index contributed by atoms with van der Waals surface area (Å²) in [6, 6.07) is 16.0. The summed E-state index contributed by atoms with van der Waals surface area (Å²) in [6.45, 7) is 12.5. The lowest BCUT2D eigenvalue weighted by Crippen LogP contribution is -2.50. The maximum Gasteiger partial charge on any atom is 0.184 e. The Morgan fingerprint density at radius 1 is 0.750 bits per heavy atom. The third kappa shape index (κ3) is 12.1. The molecule has 0 radical (unpaired) electrons. The molecule has 2 aromatic carbocycles. The Labute approximate surface area is 312 Å². The molecule has 2 aliphatic heterocycles. The van der Waals surface area contributed by atoms with Crippen molar-refractivity contribution in [3.63, 3.8) is 0 Å². The minimum atomic E-state index is -0.360. The van der Waals surface area contributed by atoms with Gasteiger partial charge in [0.2, 0.25) is 0 Å². The van der Waals surface area contributed by atoms with Gasteiger partial charge < -0.3 is 42.6 Å². The molecule has 9 nitrogen and oxygen atoms in total. The summed E-state index contributed by atoms with van der Waals surface area (Å²) < 4.78 is 53.1. The van der Waals surface area contributed by atoms with Crippen molar-refractivity contribution in [2.45, 2.75) is 104 Å². The first kappa shape index (κ1) is 42.0. The molecule has 2 saturated heterocycles. The fourth-order valence-electron chi connectivity index (χ4n) is 7.34. The maximum atomic E-state index is 6.66. The van der Waals surface area contributed by atoms with E-state index < -0.39 is 0 Å². The summed E-state index contributed by atoms with van der Waals surface area (Å²) in [5.41, 5.74) is 2.13. The minimum absolute atomic E-state index is 0.00561. The fraction of sp³-hybridized carbons (Fsp3) is 0.628. The topological polar surface area (TPSA) is 83.1 Å². The van der Waals surface area contributed by atoms with E-state index in [-0.39, 0.29) is 67.5 Å². The Hall–Kier alpha value is -2.76. The molecule has 0 spiro atoms. The van der Waals surface area contributed by atoms with E-state index in [0.29, 0.717) is 19.1 Å². The average molecular weight is 725 g/mol. The first-order chi connectivity index (χ1) is 25.2. The molecule has 2 aromatic rings. The quantitative estimate of drug-likeness (QED) is 0.0982. The zero-order valence-electron chi connectivity index (χ0n) is 32.9. The van der Waals surface area contributed by atoms with Crippen LogP contribution in [0, 0.1) is 29.6 Å². The van der Waals surface area contributed by atoms with E-state index in [4.69, 9.17) is 42.6 Å². The first-order valence-corrected chi connectivity index (χ1v) is 19.0. The molecule has 4 rings (SSSR count). The molecule has 0 N–H and O–H groups in total. The third-order valence-corrected chi connectivity index (χ3v) is 10.6. The van der Waals surface area contributed by atoms with Gasteiger partial charge >= 0.3 is 0 Å². The molecule has 0 aliphatic carbocycles. The van der Waals surface area contributed by atoms with Crippen LogP contribution < -0.4 is 9.47 Å². The number of hydrogen-bond donors (Lipinski definition) is 0. The lowest BCUT2D eigenvalue weighted by Gasteiger charge is -2.43. The van der Waals surface area contributed by atoms with Crippen molar-refractivity contribution in [2.24, 2.45) is 29.6 Å². The number of ether oxygens (including phenoxy) is 9. The molecule has 11 atom stereocenters. The summed E-state index contributed by atoms with van der Waals surface area (Å²) >= 11 is 0. The molecule has 52 heavy (non-hydrogen) atoms. The lowest BCUT2D eigenvalue weighted by atomic mass is 9.84. The highest BCUT2D eigenvalue weighted by molar-refractivity contribution is 5.28. The van der Waals surface area contributed by atoms with Crippen molar-refractivity contribution in [1.29, 1.82) is 0 Å². The maximum absolute atomic E-state index is 6.66. The Morgan fingerprint density at radius 3 is 1.92 bits per heavy atom. The normalized spacial score (nSPS) is 28.6. The molecule has 0 aromatic heterocycles. The summed E-state index contributed by atoms with van der Waals surface area (Å²) in [7, 11) is 6.70. The van der Waals surface area contributed by atoms with E-state index in [9.17, 15) is 0 Å². The van der Waals surface area contributed by atoms with Crippen LogP contribution in [0.1, 0.15) is 77.7 Å². The molecule has 290 valence electrons. The van der Waals surface area contributed by atoms with Gasteiger partial charge in [0, 0.05) is 49.4 Å². The summed E-state index contributed by atoms with van der Waals surface area (Å²) in [6.07, 6.45) is 12.2. The third-order valence-electron chi connectivity index (χ3n) is 10.6. The predicted molar refractivity (Wildman–Crippen MR) is 203 cm³/mol. The van der Waals surface area contributed by atoms with Crippen LogP contribution in [0.3, 0.4) is 0 Å². The minimum Gasteiger partial charge on any atom is -0.497 e. The van der Waals surface area contributed by atoms with Crippen LogP contribution in [-0.4, -0.2) is 72.5 Å². The largest absolute Gasteiger partial charge is 0.497 e. The zero-order chi connectivity index (χ0) is 37.5. The van der Waals surface area contributed by atoms with Crippen LogP contribution >= 0.6 is 0 Å². The van der Waals surface area contributed by atoms with Gasteiger partial charge in [-0.3, -0.25) is 0 Å². The molecule has 9 heteroatoms.